The summed E-state index contributed by atoms with van der Waals surface area (Å²) < 4.78 is 0. The van der Waals surface area contributed by atoms with Gasteiger partial charge < -0.3 is 5.32 Å². The lowest BCUT2D eigenvalue weighted by molar-refractivity contribution is 1.12. The van der Waals surface area contributed by atoms with E-state index < -0.39 is 0 Å². The van der Waals surface area contributed by atoms with Crippen LogP contribution in [0.5, 0.6) is 0 Å². The summed E-state index contributed by atoms with van der Waals surface area (Å²) >= 11 is 5.72. The van der Waals surface area contributed by atoms with E-state index in [1.54, 1.807) is 18.5 Å². The molecule has 0 unspecified atom stereocenters. The van der Waals surface area contributed by atoms with Crippen molar-refractivity contribution in [3.8, 4) is 0 Å². The highest BCUT2D eigenvalue weighted by molar-refractivity contribution is 6.29. The number of pyridine rings is 2. The van der Waals surface area contributed by atoms with Crippen LogP contribution in [0, 0.1) is 0 Å². The van der Waals surface area contributed by atoms with E-state index in [0.717, 1.165) is 16.7 Å². The van der Waals surface area contributed by atoms with Gasteiger partial charge in [0.1, 0.15) is 10.7 Å². The zero-order valence-electron chi connectivity index (χ0n) is 8.68. The Labute approximate surface area is 102 Å². The maximum absolute atomic E-state index is 5.72. The van der Waals surface area contributed by atoms with E-state index in [2.05, 4.69) is 25.5 Å². The Balaban J connectivity index is 1.97. The molecule has 3 rings (SSSR count). The van der Waals surface area contributed by atoms with Gasteiger partial charge in [-0.15, -0.1) is 0 Å². The molecule has 84 valence electrons. The van der Waals surface area contributed by atoms with Crippen molar-refractivity contribution in [2.24, 2.45) is 0 Å². The molecule has 0 atom stereocenters. The second kappa shape index (κ2) is 4.03. The Morgan fingerprint density at radius 2 is 2.12 bits per heavy atom. The molecule has 6 heteroatoms. The fourth-order valence-electron chi connectivity index (χ4n) is 1.53. The molecular weight excluding hydrogens is 238 g/mol. The first kappa shape index (κ1) is 10.0. The lowest BCUT2D eigenvalue weighted by Gasteiger charge is -2.01. The molecule has 0 aromatic carbocycles. The maximum atomic E-state index is 5.72. The van der Waals surface area contributed by atoms with Crippen LogP contribution < -0.4 is 5.32 Å². The van der Waals surface area contributed by atoms with Crippen molar-refractivity contribution in [3.05, 3.63) is 41.8 Å². The number of anilines is 2. The summed E-state index contributed by atoms with van der Waals surface area (Å²) in [6.07, 6.45) is 3.37. The number of nitrogens with zero attached hydrogens (tertiary/aromatic N) is 3. The number of aromatic nitrogens is 4. The molecule has 3 aromatic heterocycles. The third-order valence-electron chi connectivity index (χ3n) is 2.31. The average Bonchev–Trinajstić information content (AvgIpc) is 2.76. The zero-order valence-corrected chi connectivity index (χ0v) is 9.44. The second-order valence-electron chi connectivity index (χ2n) is 3.47. The molecule has 0 amide bonds. The molecule has 3 aromatic rings. The van der Waals surface area contributed by atoms with E-state index in [-0.39, 0.29) is 0 Å². The monoisotopic (exact) mass is 245 g/mol. The number of rotatable bonds is 2. The van der Waals surface area contributed by atoms with E-state index in [4.69, 9.17) is 11.6 Å². The Bertz CT molecular complexity index is 646. The number of hydrogen-bond donors (Lipinski definition) is 2. The number of fused-ring (bicyclic) bond motifs is 1. The van der Waals surface area contributed by atoms with Crippen LogP contribution in [-0.4, -0.2) is 20.2 Å². The number of nitrogens with one attached hydrogen (secondary N) is 2. The Kier molecular flexibility index (Phi) is 2.38. The van der Waals surface area contributed by atoms with Crippen LogP contribution >= 0.6 is 11.6 Å². The minimum absolute atomic E-state index is 0.459. The Morgan fingerprint density at radius 3 is 2.94 bits per heavy atom. The summed E-state index contributed by atoms with van der Waals surface area (Å²) in [7, 11) is 0. The van der Waals surface area contributed by atoms with Gasteiger partial charge >= 0.3 is 0 Å². The maximum Gasteiger partial charge on any atom is 0.178 e. The van der Waals surface area contributed by atoms with E-state index in [1.807, 2.05) is 18.2 Å². The van der Waals surface area contributed by atoms with Crippen molar-refractivity contribution in [1.82, 2.24) is 20.2 Å². The molecule has 0 aliphatic heterocycles. The predicted molar refractivity (Wildman–Crippen MR) is 66.4 cm³/mol. The molecule has 0 radical (unpaired) electrons. The van der Waals surface area contributed by atoms with Gasteiger partial charge in [0.2, 0.25) is 0 Å². The van der Waals surface area contributed by atoms with Gasteiger partial charge in [-0.3, -0.25) is 10.1 Å². The molecule has 2 N–H and O–H groups in total. The summed E-state index contributed by atoms with van der Waals surface area (Å²) in [5.74, 6) is 0.671. The Hall–Kier alpha value is -2.14. The average molecular weight is 246 g/mol. The Morgan fingerprint density at radius 1 is 1.18 bits per heavy atom. The third-order valence-corrected chi connectivity index (χ3v) is 2.53. The highest BCUT2D eigenvalue weighted by atomic mass is 35.5. The summed E-state index contributed by atoms with van der Waals surface area (Å²) in [5, 5.41) is 10.6. The van der Waals surface area contributed by atoms with Crippen LogP contribution in [0.1, 0.15) is 0 Å². The highest BCUT2D eigenvalue weighted by Gasteiger charge is 2.06. The summed E-state index contributed by atoms with van der Waals surface area (Å²) in [6.45, 7) is 0. The molecule has 0 saturated carbocycles. The smallest absolute Gasteiger partial charge is 0.178 e. The summed E-state index contributed by atoms with van der Waals surface area (Å²) in [5.41, 5.74) is 2.49. The lowest BCUT2D eigenvalue weighted by Crippen LogP contribution is -1.92. The highest BCUT2D eigenvalue weighted by Crippen LogP contribution is 2.21. The van der Waals surface area contributed by atoms with Crippen molar-refractivity contribution >= 4 is 34.1 Å². The van der Waals surface area contributed by atoms with Gasteiger partial charge in [0.05, 0.1) is 17.4 Å². The van der Waals surface area contributed by atoms with Crippen LogP contribution in [-0.2, 0) is 0 Å². The van der Waals surface area contributed by atoms with Gasteiger partial charge in [0.15, 0.2) is 5.82 Å². The fourth-order valence-corrected chi connectivity index (χ4v) is 1.64. The molecule has 0 fully saturated rings. The minimum Gasteiger partial charge on any atom is -0.336 e. The minimum atomic E-state index is 0.459. The first-order valence-corrected chi connectivity index (χ1v) is 5.38. The number of halogens is 1. The van der Waals surface area contributed by atoms with Crippen molar-refractivity contribution in [2.45, 2.75) is 0 Å². The standard InChI is InChI=1S/C11H8ClN5/c12-9-4-3-7(6-14-9)15-11-10-8(16-17-11)2-1-5-13-10/h1-6H,(H2,15,16,17). The van der Waals surface area contributed by atoms with Crippen LogP contribution in [0.25, 0.3) is 11.0 Å². The van der Waals surface area contributed by atoms with Crippen LogP contribution in [0.15, 0.2) is 36.7 Å². The fraction of sp³-hybridized carbons (Fsp3) is 0. The molecule has 0 saturated heterocycles. The molecule has 0 aliphatic carbocycles. The van der Waals surface area contributed by atoms with Gasteiger partial charge in [-0.2, -0.15) is 5.10 Å². The molecule has 0 spiro atoms. The van der Waals surface area contributed by atoms with E-state index in [0.29, 0.717) is 11.0 Å². The van der Waals surface area contributed by atoms with Crippen molar-refractivity contribution in [1.29, 1.82) is 0 Å². The number of hydrogen-bond acceptors (Lipinski definition) is 4. The van der Waals surface area contributed by atoms with Gasteiger partial charge in [-0.25, -0.2) is 4.98 Å². The lowest BCUT2D eigenvalue weighted by atomic mass is 10.3. The molecule has 0 bridgehead atoms. The normalized spacial score (nSPS) is 10.6. The van der Waals surface area contributed by atoms with Crippen LogP contribution in [0.2, 0.25) is 5.15 Å². The van der Waals surface area contributed by atoms with Crippen molar-refractivity contribution in [2.75, 3.05) is 5.32 Å². The largest absolute Gasteiger partial charge is 0.336 e. The molecule has 0 aliphatic rings. The SMILES string of the molecule is Clc1ccc(Nc2n[nH]c3cccnc23)cn1. The van der Waals surface area contributed by atoms with Gasteiger partial charge in [-0.1, -0.05) is 11.6 Å². The van der Waals surface area contributed by atoms with Gasteiger partial charge in [0.25, 0.3) is 0 Å². The summed E-state index contributed by atoms with van der Waals surface area (Å²) in [4.78, 5) is 8.24. The van der Waals surface area contributed by atoms with Crippen LogP contribution in [0.3, 0.4) is 0 Å². The third kappa shape index (κ3) is 1.92. The predicted octanol–water partition coefficient (Wildman–Crippen LogP) is 2.75. The van der Waals surface area contributed by atoms with Gasteiger partial charge in [0, 0.05) is 6.20 Å². The van der Waals surface area contributed by atoms with Crippen molar-refractivity contribution < 1.29 is 0 Å². The van der Waals surface area contributed by atoms with Gasteiger partial charge in [-0.05, 0) is 24.3 Å². The first-order chi connectivity index (χ1) is 8.33. The molecular formula is C11H8ClN5. The topological polar surface area (TPSA) is 66.5 Å². The van der Waals surface area contributed by atoms with Crippen molar-refractivity contribution in [3.63, 3.8) is 0 Å². The number of aromatic amines is 1. The quantitative estimate of drug-likeness (QED) is 0.682. The first-order valence-electron chi connectivity index (χ1n) is 5.00. The zero-order chi connectivity index (χ0) is 11.7. The van der Waals surface area contributed by atoms with E-state index in [1.165, 1.54) is 0 Å². The summed E-state index contributed by atoms with van der Waals surface area (Å²) in [6, 6.07) is 7.32. The number of H-pyrrole nitrogens is 1. The van der Waals surface area contributed by atoms with Crippen LogP contribution in [0.4, 0.5) is 11.5 Å². The molecule has 5 nitrogen and oxygen atoms in total. The molecule has 3 heterocycles. The van der Waals surface area contributed by atoms with E-state index >= 15 is 0 Å². The van der Waals surface area contributed by atoms with E-state index in [9.17, 15) is 0 Å². The second-order valence-corrected chi connectivity index (χ2v) is 3.85. The molecule has 17 heavy (non-hydrogen) atoms.